The summed E-state index contributed by atoms with van der Waals surface area (Å²) in [5.74, 6) is -0.190. The monoisotopic (exact) mass is 244 g/mol. The number of rotatable bonds is 2. The minimum Gasteiger partial charge on any atom is -0.377 e. The number of carbonyl (C=O) groups is 1. The van der Waals surface area contributed by atoms with Crippen LogP contribution >= 0.6 is 0 Å². The molecule has 0 bridgehead atoms. The third-order valence-corrected chi connectivity index (χ3v) is 3.35. The molecule has 4 nitrogen and oxygen atoms in total. The fraction of sp³-hybridized carbons (Fsp3) is 0.429. The Labute approximate surface area is 107 Å². The molecule has 1 heterocycles. The Morgan fingerprint density at radius 1 is 1.44 bits per heavy atom. The van der Waals surface area contributed by atoms with Gasteiger partial charge in [0.2, 0.25) is 0 Å². The third-order valence-electron chi connectivity index (χ3n) is 3.35. The predicted molar refractivity (Wildman–Crippen MR) is 68.2 cm³/mol. The zero-order valence-electron chi connectivity index (χ0n) is 10.9. The number of nitriles is 1. The molecule has 1 aliphatic rings. The highest BCUT2D eigenvalue weighted by atomic mass is 16.5. The van der Waals surface area contributed by atoms with Crippen molar-refractivity contribution in [1.82, 2.24) is 0 Å². The van der Waals surface area contributed by atoms with Crippen LogP contribution in [-0.4, -0.2) is 26.2 Å². The van der Waals surface area contributed by atoms with Crippen LogP contribution in [0.5, 0.6) is 0 Å². The maximum absolute atomic E-state index is 12.4. The van der Waals surface area contributed by atoms with E-state index in [2.05, 4.69) is 6.07 Å². The van der Waals surface area contributed by atoms with Gasteiger partial charge in [-0.25, -0.2) is 0 Å². The Balaban J connectivity index is 2.31. The highest BCUT2D eigenvalue weighted by Crippen LogP contribution is 2.31. The number of hydrogen-bond acceptors (Lipinski definition) is 3. The van der Waals surface area contributed by atoms with Crippen LogP contribution in [0.3, 0.4) is 0 Å². The van der Waals surface area contributed by atoms with Crippen LogP contribution in [0.1, 0.15) is 11.1 Å². The first kappa shape index (κ1) is 12.6. The Morgan fingerprint density at radius 2 is 2.11 bits per heavy atom. The van der Waals surface area contributed by atoms with Gasteiger partial charge in [-0.2, -0.15) is 5.26 Å². The van der Waals surface area contributed by atoms with Crippen molar-refractivity contribution in [2.24, 2.45) is 5.41 Å². The second kappa shape index (κ2) is 4.43. The first-order valence-corrected chi connectivity index (χ1v) is 5.84. The molecule has 2 rings (SSSR count). The van der Waals surface area contributed by atoms with E-state index in [0.29, 0.717) is 0 Å². The van der Waals surface area contributed by atoms with Gasteiger partial charge in [0.15, 0.2) is 5.41 Å². The van der Waals surface area contributed by atoms with Crippen molar-refractivity contribution in [3.05, 3.63) is 29.3 Å². The van der Waals surface area contributed by atoms with E-state index in [1.54, 1.807) is 11.9 Å². The van der Waals surface area contributed by atoms with Crippen molar-refractivity contribution >= 4 is 11.6 Å². The minimum atomic E-state index is -0.995. The Kier molecular flexibility index (Phi) is 3.10. The van der Waals surface area contributed by atoms with Gasteiger partial charge in [-0.05, 0) is 31.0 Å². The second-order valence-corrected chi connectivity index (χ2v) is 4.84. The summed E-state index contributed by atoms with van der Waals surface area (Å²) in [5.41, 5.74) is 1.96. The zero-order chi connectivity index (χ0) is 13.3. The normalized spacial score (nSPS) is 16.6. The average Bonchev–Trinajstić information content (AvgIpc) is 2.30. The van der Waals surface area contributed by atoms with Crippen LogP contribution < -0.4 is 4.90 Å². The average molecular weight is 244 g/mol. The summed E-state index contributed by atoms with van der Waals surface area (Å²) in [6.45, 7) is 4.32. The molecule has 0 radical (unpaired) electrons. The number of carbonyl (C=O) groups excluding carboxylic acids is 1. The molecule has 1 amide bonds. The van der Waals surface area contributed by atoms with Crippen LogP contribution in [0.2, 0.25) is 0 Å². The molecular weight excluding hydrogens is 228 g/mol. The fourth-order valence-electron chi connectivity index (χ4n) is 2.05. The molecule has 4 heteroatoms. The van der Waals surface area contributed by atoms with Gasteiger partial charge in [-0.15, -0.1) is 0 Å². The summed E-state index contributed by atoms with van der Waals surface area (Å²) in [4.78, 5) is 13.9. The summed E-state index contributed by atoms with van der Waals surface area (Å²) >= 11 is 0. The standard InChI is InChI=1S/C14H16N2O2/c1-10-4-5-11(2)12(6-10)16(3)13(17)14(7-15)8-18-9-14/h4-6H,8-9H2,1-3H3. The molecule has 0 N–H and O–H groups in total. The van der Waals surface area contributed by atoms with E-state index >= 15 is 0 Å². The summed E-state index contributed by atoms with van der Waals surface area (Å²) < 4.78 is 5.02. The lowest BCUT2D eigenvalue weighted by atomic mass is 9.86. The molecule has 1 aromatic rings. The predicted octanol–water partition coefficient (Wildman–Crippen LogP) is 1.81. The maximum atomic E-state index is 12.4. The number of benzene rings is 1. The topological polar surface area (TPSA) is 53.3 Å². The van der Waals surface area contributed by atoms with E-state index in [-0.39, 0.29) is 19.1 Å². The van der Waals surface area contributed by atoms with Gasteiger partial charge in [-0.3, -0.25) is 4.79 Å². The molecule has 0 aliphatic carbocycles. The van der Waals surface area contributed by atoms with Crippen LogP contribution in [0, 0.1) is 30.6 Å². The Hall–Kier alpha value is -1.86. The van der Waals surface area contributed by atoms with Gasteiger partial charge in [0.1, 0.15) is 0 Å². The van der Waals surface area contributed by atoms with Crippen LogP contribution in [0.4, 0.5) is 5.69 Å². The number of aryl methyl sites for hydroxylation is 2. The van der Waals surface area contributed by atoms with Gasteiger partial charge in [-0.1, -0.05) is 12.1 Å². The third kappa shape index (κ3) is 1.87. The summed E-state index contributed by atoms with van der Waals surface area (Å²) in [5, 5.41) is 9.15. The number of ether oxygens (including phenoxy) is 1. The Morgan fingerprint density at radius 3 is 2.61 bits per heavy atom. The van der Waals surface area contributed by atoms with Gasteiger partial charge >= 0.3 is 0 Å². The molecule has 0 saturated carbocycles. The van der Waals surface area contributed by atoms with Gasteiger partial charge < -0.3 is 9.64 Å². The van der Waals surface area contributed by atoms with Crippen molar-refractivity contribution in [1.29, 1.82) is 5.26 Å². The van der Waals surface area contributed by atoms with Crippen LogP contribution in [-0.2, 0) is 9.53 Å². The van der Waals surface area contributed by atoms with Crippen molar-refractivity contribution in [3.8, 4) is 6.07 Å². The van der Waals surface area contributed by atoms with E-state index in [1.165, 1.54) is 0 Å². The lowest BCUT2D eigenvalue weighted by molar-refractivity contribution is -0.146. The lowest BCUT2D eigenvalue weighted by Gasteiger charge is -2.36. The molecule has 0 spiro atoms. The van der Waals surface area contributed by atoms with Crippen molar-refractivity contribution < 1.29 is 9.53 Å². The molecule has 94 valence electrons. The SMILES string of the molecule is Cc1ccc(C)c(N(C)C(=O)C2(C#N)COC2)c1. The molecule has 18 heavy (non-hydrogen) atoms. The lowest BCUT2D eigenvalue weighted by Crippen LogP contribution is -2.53. The Bertz CT molecular complexity index is 527. The van der Waals surface area contributed by atoms with Crippen LogP contribution in [0.15, 0.2) is 18.2 Å². The van der Waals surface area contributed by atoms with Crippen molar-refractivity contribution in [2.75, 3.05) is 25.2 Å². The molecule has 0 atom stereocenters. The molecule has 1 fully saturated rings. The van der Waals surface area contributed by atoms with Crippen molar-refractivity contribution in [2.45, 2.75) is 13.8 Å². The van der Waals surface area contributed by atoms with E-state index < -0.39 is 5.41 Å². The molecule has 1 saturated heterocycles. The molecule has 1 aliphatic heterocycles. The first-order chi connectivity index (χ1) is 8.50. The molecular formula is C14H16N2O2. The zero-order valence-corrected chi connectivity index (χ0v) is 10.9. The number of anilines is 1. The quantitative estimate of drug-likeness (QED) is 0.797. The fourth-order valence-corrected chi connectivity index (χ4v) is 2.05. The molecule has 1 aromatic carbocycles. The van der Waals surface area contributed by atoms with E-state index in [0.717, 1.165) is 16.8 Å². The van der Waals surface area contributed by atoms with Crippen LogP contribution in [0.25, 0.3) is 0 Å². The number of nitrogens with zero attached hydrogens (tertiary/aromatic N) is 2. The van der Waals surface area contributed by atoms with Gasteiger partial charge in [0, 0.05) is 12.7 Å². The van der Waals surface area contributed by atoms with Gasteiger partial charge in [0.25, 0.3) is 5.91 Å². The number of amides is 1. The summed E-state index contributed by atoms with van der Waals surface area (Å²) in [7, 11) is 1.71. The highest BCUT2D eigenvalue weighted by molar-refractivity contribution is 6.00. The van der Waals surface area contributed by atoms with Gasteiger partial charge in [0.05, 0.1) is 19.3 Å². The highest BCUT2D eigenvalue weighted by Gasteiger charge is 2.48. The number of hydrogen-bond donors (Lipinski definition) is 0. The summed E-state index contributed by atoms with van der Waals surface area (Å²) in [6, 6.07) is 8.02. The van der Waals surface area contributed by atoms with Crippen molar-refractivity contribution in [3.63, 3.8) is 0 Å². The molecule has 0 aromatic heterocycles. The first-order valence-electron chi connectivity index (χ1n) is 5.84. The summed E-state index contributed by atoms with van der Waals surface area (Å²) in [6.07, 6.45) is 0. The largest absolute Gasteiger partial charge is 0.377 e. The smallest absolute Gasteiger partial charge is 0.252 e. The second-order valence-electron chi connectivity index (χ2n) is 4.84. The maximum Gasteiger partial charge on any atom is 0.252 e. The molecule has 0 unspecified atom stereocenters. The van der Waals surface area contributed by atoms with E-state index in [1.807, 2.05) is 32.0 Å². The van der Waals surface area contributed by atoms with E-state index in [9.17, 15) is 4.79 Å². The minimum absolute atomic E-state index is 0.190. The van der Waals surface area contributed by atoms with E-state index in [4.69, 9.17) is 10.00 Å².